The summed E-state index contributed by atoms with van der Waals surface area (Å²) >= 11 is 0. The van der Waals surface area contributed by atoms with Gasteiger partial charge in [0.1, 0.15) is 0 Å². The van der Waals surface area contributed by atoms with Crippen LogP contribution in [0.25, 0.3) is 11.1 Å². The van der Waals surface area contributed by atoms with Gasteiger partial charge in [0.15, 0.2) is 0 Å². The monoisotopic (exact) mass is 488 g/mol. The number of nitrogens with one attached hydrogen (secondary N) is 1. The van der Waals surface area contributed by atoms with Gasteiger partial charge in [0, 0.05) is 18.1 Å². The van der Waals surface area contributed by atoms with E-state index in [4.69, 9.17) is 0 Å². The molecule has 2 saturated heterocycles. The van der Waals surface area contributed by atoms with E-state index in [1.165, 1.54) is 47.0 Å². The highest BCUT2D eigenvalue weighted by molar-refractivity contribution is 7.89. The second kappa shape index (κ2) is 8.12. The number of fused-ring (bicyclic) bond motifs is 2. The van der Waals surface area contributed by atoms with Gasteiger partial charge in [-0.05, 0) is 61.1 Å². The van der Waals surface area contributed by atoms with E-state index in [1.807, 2.05) is 0 Å². The van der Waals surface area contributed by atoms with Crippen LogP contribution in [0.5, 0.6) is 0 Å². The first-order chi connectivity index (χ1) is 14.8. The van der Waals surface area contributed by atoms with Crippen LogP contribution < -0.4 is 4.72 Å². The summed E-state index contributed by atoms with van der Waals surface area (Å²) in [5, 5.41) is 0. The highest BCUT2D eigenvalue weighted by atomic mass is 32.2. The molecule has 0 spiro atoms. The zero-order valence-corrected chi connectivity index (χ0v) is 18.8. The Hall–Kier alpha value is -1.95. The lowest BCUT2D eigenvalue weighted by Crippen LogP contribution is -2.51. The first-order valence-electron chi connectivity index (χ1n) is 10.1. The van der Waals surface area contributed by atoms with Gasteiger partial charge in [0.05, 0.1) is 16.7 Å². The van der Waals surface area contributed by atoms with Gasteiger partial charge in [-0.3, -0.25) is 0 Å². The summed E-state index contributed by atoms with van der Waals surface area (Å²) in [4.78, 5) is 0.00566. The van der Waals surface area contributed by atoms with Crippen molar-refractivity contribution in [3.8, 4) is 11.1 Å². The maximum absolute atomic E-state index is 13.0. The van der Waals surface area contributed by atoms with E-state index in [0.717, 1.165) is 12.1 Å². The Balaban J connectivity index is 1.49. The third kappa shape index (κ3) is 4.70. The average molecular weight is 489 g/mol. The van der Waals surface area contributed by atoms with Crippen LogP contribution in [0.2, 0.25) is 0 Å². The molecule has 2 aliphatic heterocycles. The summed E-state index contributed by atoms with van der Waals surface area (Å²) in [5.74, 6) is 0. The Bertz CT molecular complexity index is 1200. The third-order valence-electron chi connectivity index (χ3n) is 6.06. The Morgan fingerprint density at radius 3 is 2.03 bits per heavy atom. The Kier molecular flexibility index (Phi) is 5.89. The minimum absolute atomic E-state index is 0.00566. The summed E-state index contributed by atoms with van der Waals surface area (Å²) in [5.41, 5.74) is 0.0273. The lowest BCUT2D eigenvalue weighted by atomic mass is 10.0. The van der Waals surface area contributed by atoms with E-state index < -0.39 is 31.8 Å². The van der Waals surface area contributed by atoms with Gasteiger partial charge < -0.3 is 0 Å². The van der Waals surface area contributed by atoms with Crippen LogP contribution in [-0.2, 0) is 26.2 Å². The van der Waals surface area contributed by atoms with E-state index in [1.54, 1.807) is 0 Å². The molecular weight excluding hydrogens is 465 g/mol. The summed E-state index contributed by atoms with van der Waals surface area (Å²) in [6.45, 7) is 0. The van der Waals surface area contributed by atoms with Gasteiger partial charge in [0.25, 0.3) is 0 Å². The van der Waals surface area contributed by atoms with Gasteiger partial charge in [-0.2, -0.15) is 17.5 Å². The van der Waals surface area contributed by atoms with Crippen LogP contribution >= 0.6 is 0 Å². The molecule has 6 nitrogen and oxygen atoms in total. The number of piperidine rings is 1. The number of rotatable bonds is 5. The molecule has 2 aliphatic rings. The molecule has 32 heavy (non-hydrogen) atoms. The molecule has 2 fully saturated rings. The van der Waals surface area contributed by atoms with Crippen molar-refractivity contribution < 1.29 is 30.0 Å². The molecule has 4 rings (SSSR count). The quantitative estimate of drug-likeness (QED) is 0.697. The van der Waals surface area contributed by atoms with Gasteiger partial charge in [0.2, 0.25) is 20.0 Å². The molecule has 0 aliphatic carbocycles. The maximum Gasteiger partial charge on any atom is 0.416 e. The summed E-state index contributed by atoms with van der Waals surface area (Å²) < 4.78 is 92.8. The number of alkyl halides is 3. The molecule has 2 aromatic rings. The smallest absolute Gasteiger partial charge is 0.212 e. The Morgan fingerprint density at radius 2 is 1.50 bits per heavy atom. The Labute approximate surface area is 185 Å². The van der Waals surface area contributed by atoms with Crippen molar-refractivity contribution in [1.29, 1.82) is 0 Å². The molecule has 0 radical (unpaired) electrons. The van der Waals surface area contributed by atoms with E-state index in [-0.39, 0.29) is 23.0 Å². The topological polar surface area (TPSA) is 83.6 Å². The molecule has 0 amide bonds. The normalized spacial score (nSPS) is 24.6. The van der Waals surface area contributed by atoms with Crippen molar-refractivity contribution in [1.82, 2.24) is 9.03 Å². The van der Waals surface area contributed by atoms with Gasteiger partial charge >= 0.3 is 6.18 Å². The lowest BCUT2D eigenvalue weighted by molar-refractivity contribution is -0.137. The zero-order chi connectivity index (χ0) is 23.3. The van der Waals surface area contributed by atoms with Crippen molar-refractivity contribution in [2.75, 3.05) is 6.26 Å². The molecule has 0 aromatic heterocycles. The van der Waals surface area contributed by atoms with E-state index in [0.29, 0.717) is 36.8 Å². The average Bonchev–Trinajstić information content (AvgIpc) is 2.99. The fourth-order valence-corrected chi connectivity index (χ4v) is 7.49. The number of benzene rings is 2. The molecule has 11 heteroatoms. The third-order valence-corrected chi connectivity index (χ3v) is 8.96. The molecule has 1 N–H and O–H groups in total. The number of nitrogens with zero attached hydrogens (tertiary/aromatic N) is 1. The predicted molar refractivity (Wildman–Crippen MR) is 114 cm³/mol. The predicted octanol–water partition coefficient (Wildman–Crippen LogP) is 3.61. The molecule has 2 aromatic carbocycles. The van der Waals surface area contributed by atoms with Crippen LogP contribution in [-0.4, -0.2) is 45.5 Å². The summed E-state index contributed by atoms with van der Waals surface area (Å²) in [6, 6.07) is 9.71. The molecule has 2 unspecified atom stereocenters. The zero-order valence-electron chi connectivity index (χ0n) is 17.2. The van der Waals surface area contributed by atoms with Crippen LogP contribution in [0, 0.1) is 0 Å². The minimum atomic E-state index is -4.46. The standard InChI is InChI=1S/C21H23F3N2O4S2/c1-31(27,28)26-18-7-8-19(26)13-17(12-18)25-32(29,30)20-9-5-14(6-10-20)15-3-2-4-16(11-15)21(22,23)24/h2-6,9-11,17-19,25H,7-8,12-13H2,1H3. The lowest BCUT2D eigenvalue weighted by Gasteiger charge is -2.37. The van der Waals surface area contributed by atoms with Crippen LogP contribution in [0.4, 0.5) is 13.2 Å². The van der Waals surface area contributed by atoms with Crippen LogP contribution in [0.1, 0.15) is 31.2 Å². The van der Waals surface area contributed by atoms with Crippen molar-refractivity contribution in [3.63, 3.8) is 0 Å². The maximum atomic E-state index is 13.0. The number of sulfonamides is 2. The number of hydrogen-bond acceptors (Lipinski definition) is 4. The van der Waals surface area contributed by atoms with Gasteiger partial charge in [-0.25, -0.2) is 21.6 Å². The van der Waals surface area contributed by atoms with Crippen LogP contribution in [0.15, 0.2) is 53.4 Å². The van der Waals surface area contributed by atoms with Crippen molar-refractivity contribution in [2.24, 2.45) is 0 Å². The minimum Gasteiger partial charge on any atom is -0.212 e. The molecule has 2 heterocycles. The highest BCUT2D eigenvalue weighted by Crippen LogP contribution is 2.38. The fraction of sp³-hybridized carbons (Fsp3) is 0.429. The largest absolute Gasteiger partial charge is 0.416 e. The van der Waals surface area contributed by atoms with Crippen molar-refractivity contribution in [2.45, 2.75) is 54.9 Å². The Morgan fingerprint density at radius 1 is 0.906 bits per heavy atom. The van der Waals surface area contributed by atoms with E-state index >= 15 is 0 Å². The van der Waals surface area contributed by atoms with E-state index in [2.05, 4.69) is 4.72 Å². The molecule has 2 atom stereocenters. The fourth-order valence-electron chi connectivity index (χ4n) is 4.76. The number of hydrogen-bond donors (Lipinski definition) is 1. The first kappa shape index (κ1) is 23.2. The summed E-state index contributed by atoms with van der Waals surface area (Å²) in [7, 11) is -7.20. The SMILES string of the molecule is CS(=O)(=O)N1C2CCC1CC(NS(=O)(=O)c1ccc(-c3cccc(C(F)(F)F)c3)cc1)C2. The molecule has 2 bridgehead atoms. The second-order valence-corrected chi connectivity index (χ2v) is 12.0. The van der Waals surface area contributed by atoms with Crippen LogP contribution in [0.3, 0.4) is 0 Å². The number of halogens is 3. The first-order valence-corrected chi connectivity index (χ1v) is 13.5. The van der Waals surface area contributed by atoms with E-state index in [9.17, 15) is 30.0 Å². The summed E-state index contributed by atoms with van der Waals surface area (Å²) in [6.07, 6.45) is -1.05. The van der Waals surface area contributed by atoms with Crippen molar-refractivity contribution >= 4 is 20.0 Å². The highest BCUT2D eigenvalue weighted by Gasteiger charge is 2.46. The second-order valence-electron chi connectivity index (χ2n) is 8.37. The molecule has 174 valence electrons. The van der Waals surface area contributed by atoms with Gasteiger partial charge in [-0.15, -0.1) is 0 Å². The van der Waals surface area contributed by atoms with Crippen molar-refractivity contribution in [3.05, 3.63) is 54.1 Å². The molecular formula is C21H23F3N2O4S2. The molecule has 0 saturated carbocycles. The van der Waals surface area contributed by atoms with Gasteiger partial charge in [-0.1, -0.05) is 24.3 Å².